The van der Waals surface area contributed by atoms with Crippen molar-refractivity contribution in [3.05, 3.63) is 35.9 Å². The Hall–Kier alpha value is -1.85. The van der Waals surface area contributed by atoms with E-state index in [9.17, 15) is 4.79 Å². The highest BCUT2D eigenvalue weighted by atomic mass is 16.5. The van der Waals surface area contributed by atoms with Crippen LogP contribution >= 0.6 is 0 Å². The van der Waals surface area contributed by atoms with Crippen LogP contribution < -0.4 is 4.74 Å². The molecule has 0 aliphatic rings. The number of ether oxygens (including phenoxy) is 2. The fraction of sp³-hybridized carbons (Fsp3) is 0.438. The van der Waals surface area contributed by atoms with Gasteiger partial charge in [0.05, 0.1) is 6.61 Å². The van der Waals surface area contributed by atoms with Gasteiger partial charge in [0.25, 0.3) is 0 Å². The van der Waals surface area contributed by atoms with Crippen molar-refractivity contribution in [2.24, 2.45) is 0 Å². The van der Waals surface area contributed by atoms with Crippen molar-refractivity contribution in [2.45, 2.75) is 6.92 Å². The topological polar surface area (TPSA) is 59.0 Å². The first-order valence-corrected chi connectivity index (χ1v) is 7.01. The van der Waals surface area contributed by atoms with Gasteiger partial charge in [0.15, 0.2) is 0 Å². The lowest BCUT2D eigenvalue weighted by Crippen LogP contribution is -2.31. The Balaban J connectivity index is 2.44. The van der Waals surface area contributed by atoms with Crippen LogP contribution in [0.4, 0.5) is 0 Å². The number of methoxy groups -OCH3 is 1. The van der Waals surface area contributed by atoms with Crippen molar-refractivity contribution in [1.82, 2.24) is 4.90 Å². The summed E-state index contributed by atoms with van der Waals surface area (Å²) in [6, 6.07) is 7.37. The molecule has 1 rings (SSSR count). The highest BCUT2D eigenvalue weighted by Crippen LogP contribution is 2.14. The molecule has 0 aromatic heterocycles. The fourth-order valence-corrected chi connectivity index (χ4v) is 1.82. The van der Waals surface area contributed by atoms with E-state index in [1.165, 1.54) is 0 Å². The summed E-state index contributed by atoms with van der Waals surface area (Å²) in [6.45, 7) is 6.07. The SMILES string of the molecule is CCN(CCOC)CCOc1cccc(C=CC(=O)O)c1. The maximum absolute atomic E-state index is 10.5. The monoisotopic (exact) mass is 293 g/mol. The first-order chi connectivity index (χ1) is 10.2. The molecule has 5 heteroatoms. The molecule has 0 unspecified atom stereocenters. The Labute approximate surface area is 125 Å². The molecule has 1 aromatic carbocycles. The summed E-state index contributed by atoms with van der Waals surface area (Å²) >= 11 is 0. The predicted octanol–water partition coefficient (Wildman–Crippen LogP) is 2.13. The number of hydrogen-bond donors (Lipinski definition) is 1. The van der Waals surface area contributed by atoms with Crippen LogP contribution in [-0.4, -0.2) is 55.9 Å². The van der Waals surface area contributed by atoms with Gasteiger partial charge in [-0.25, -0.2) is 4.79 Å². The highest BCUT2D eigenvalue weighted by Gasteiger charge is 2.02. The molecule has 1 N–H and O–H groups in total. The van der Waals surface area contributed by atoms with Gasteiger partial charge >= 0.3 is 5.97 Å². The zero-order chi connectivity index (χ0) is 15.5. The van der Waals surface area contributed by atoms with Gasteiger partial charge in [0.1, 0.15) is 12.4 Å². The van der Waals surface area contributed by atoms with Gasteiger partial charge in [-0.15, -0.1) is 0 Å². The third kappa shape index (κ3) is 7.48. The lowest BCUT2D eigenvalue weighted by atomic mass is 10.2. The minimum Gasteiger partial charge on any atom is -0.492 e. The maximum atomic E-state index is 10.5. The number of hydrogen-bond acceptors (Lipinski definition) is 4. The molecule has 0 aliphatic carbocycles. The molecule has 0 aliphatic heterocycles. The van der Waals surface area contributed by atoms with E-state index < -0.39 is 5.97 Å². The molecule has 116 valence electrons. The van der Waals surface area contributed by atoms with Crippen molar-refractivity contribution in [1.29, 1.82) is 0 Å². The van der Waals surface area contributed by atoms with Gasteiger partial charge in [0.2, 0.25) is 0 Å². The summed E-state index contributed by atoms with van der Waals surface area (Å²) in [5.41, 5.74) is 0.807. The van der Waals surface area contributed by atoms with E-state index in [0.717, 1.165) is 37.0 Å². The minimum atomic E-state index is -0.960. The molecule has 0 bridgehead atoms. The molecule has 0 fully saturated rings. The number of carbonyl (C=O) groups is 1. The first kappa shape index (κ1) is 17.2. The third-order valence-corrected chi connectivity index (χ3v) is 3.01. The molecule has 0 radical (unpaired) electrons. The quantitative estimate of drug-likeness (QED) is 0.670. The van der Waals surface area contributed by atoms with E-state index in [-0.39, 0.29) is 0 Å². The number of nitrogens with zero attached hydrogens (tertiary/aromatic N) is 1. The Morgan fingerprint density at radius 2 is 2.10 bits per heavy atom. The number of likely N-dealkylation sites (N-methyl/N-ethyl adjacent to an activating group) is 1. The van der Waals surface area contributed by atoms with Crippen molar-refractivity contribution >= 4 is 12.0 Å². The van der Waals surface area contributed by atoms with Gasteiger partial charge in [-0.3, -0.25) is 4.90 Å². The molecule has 0 amide bonds. The van der Waals surface area contributed by atoms with Crippen LogP contribution in [0.15, 0.2) is 30.3 Å². The van der Waals surface area contributed by atoms with E-state index >= 15 is 0 Å². The molecule has 0 saturated carbocycles. The molecular formula is C16H23NO4. The highest BCUT2D eigenvalue weighted by molar-refractivity contribution is 5.85. The lowest BCUT2D eigenvalue weighted by Gasteiger charge is -2.19. The summed E-state index contributed by atoms with van der Waals surface area (Å²) in [5.74, 6) is -0.219. The molecule has 1 aromatic rings. The minimum absolute atomic E-state index is 0.587. The molecular weight excluding hydrogens is 270 g/mol. The number of carboxylic acid groups (broad SMARTS) is 1. The number of aliphatic carboxylic acids is 1. The number of rotatable bonds is 10. The van der Waals surface area contributed by atoms with E-state index in [1.807, 2.05) is 24.3 Å². The third-order valence-electron chi connectivity index (χ3n) is 3.01. The Morgan fingerprint density at radius 3 is 2.76 bits per heavy atom. The van der Waals surface area contributed by atoms with Crippen LogP contribution in [0.3, 0.4) is 0 Å². The van der Waals surface area contributed by atoms with E-state index in [1.54, 1.807) is 13.2 Å². The summed E-state index contributed by atoms with van der Waals surface area (Å²) in [6.07, 6.45) is 2.66. The van der Waals surface area contributed by atoms with Crippen molar-refractivity contribution < 1.29 is 19.4 Å². The van der Waals surface area contributed by atoms with Gasteiger partial charge in [0, 0.05) is 26.3 Å². The lowest BCUT2D eigenvalue weighted by molar-refractivity contribution is -0.131. The molecule has 5 nitrogen and oxygen atoms in total. The largest absolute Gasteiger partial charge is 0.492 e. The van der Waals surface area contributed by atoms with Gasteiger partial charge in [-0.1, -0.05) is 19.1 Å². The zero-order valence-electron chi connectivity index (χ0n) is 12.6. The number of carboxylic acids is 1. The van der Waals surface area contributed by atoms with Crippen LogP contribution in [0.2, 0.25) is 0 Å². The molecule has 0 spiro atoms. The van der Waals surface area contributed by atoms with E-state index in [0.29, 0.717) is 13.2 Å². The van der Waals surface area contributed by atoms with Gasteiger partial charge in [-0.2, -0.15) is 0 Å². The zero-order valence-corrected chi connectivity index (χ0v) is 12.6. The van der Waals surface area contributed by atoms with Crippen molar-refractivity contribution in [2.75, 3.05) is 40.0 Å². The van der Waals surface area contributed by atoms with E-state index in [4.69, 9.17) is 14.6 Å². The second kappa shape index (κ2) is 9.96. The first-order valence-electron chi connectivity index (χ1n) is 7.01. The summed E-state index contributed by atoms with van der Waals surface area (Å²) < 4.78 is 10.8. The van der Waals surface area contributed by atoms with Crippen LogP contribution in [-0.2, 0) is 9.53 Å². The smallest absolute Gasteiger partial charge is 0.328 e. The Kier molecular flexibility index (Phi) is 8.16. The van der Waals surface area contributed by atoms with Crippen LogP contribution in [0, 0.1) is 0 Å². The predicted molar refractivity (Wildman–Crippen MR) is 82.6 cm³/mol. The average Bonchev–Trinajstić information content (AvgIpc) is 2.49. The second-order valence-electron chi connectivity index (χ2n) is 4.52. The van der Waals surface area contributed by atoms with Crippen LogP contribution in [0.5, 0.6) is 5.75 Å². The van der Waals surface area contributed by atoms with Gasteiger partial charge in [-0.05, 0) is 30.3 Å². The second-order valence-corrected chi connectivity index (χ2v) is 4.52. The Morgan fingerprint density at radius 1 is 1.33 bits per heavy atom. The van der Waals surface area contributed by atoms with Gasteiger partial charge < -0.3 is 14.6 Å². The summed E-state index contributed by atoms with van der Waals surface area (Å²) in [4.78, 5) is 12.7. The molecule has 21 heavy (non-hydrogen) atoms. The summed E-state index contributed by atoms with van der Waals surface area (Å²) in [7, 11) is 1.69. The fourth-order valence-electron chi connectivity index (χ4n) is 1.82. The average molecular weight is 293 g/mol. The van der Waals surface area contributed by atoms with Crippen LogP contribution in [0.25, 0.3) is 6.08 Å². The van der Waals surface area contributed by atoms with Crippen LogP contribution in [0.1, 0.15) is 12.5 Å². The molecule has 0 atom stereocenters. The summed E-state index contributed by atoms with van der Waals surface area (Å²) in [5, 5.41) is 8.61. The maximum Gasteiger partial charge on any atom is 0.328 e. The van der Waals surface area contributed by atoms with Crippen molar-refractivity contribution in [3.63, 3.8) is 0 Å². The van der Waals surface area contributed by atoms with E-state index in [2.05, 4.69) is 11.8 Å². The Bertz CT molecular complexity index is 459. The van der Waals surface area contributed by atoms with Crippen molar-refractivity contribution in [3.8, 4) is 5.75 Å². The standard InChI is InChI=1S/C16H23NO4/c1-3-17(9-11-20-2)10-12-21-15-6-4-5-14(13-15)7-8-16(18)19/h4-8,13H,3,9-12H2,1-2H3,(H,18,19). The molecule has 0 heterocycles. The normalized spacial score (nSPS) is 11.2. The number of benzene rings is 1. The molecule has 0 saturated heterocycles.